The Hall–Kier alpha value is -4.19. The number of hydrogen-bond acceptors (Lipinski definition) is 45. The highest BCUT2D eigenvalue weighted by Crippen LogP contribution is 2.76. The largest absolute Gasteiger partial charge is 0.479 e. The molecule has 7 heterocycles. The van der Waals surface area contributed by atoms with E-state index in [1.807, 2.05) is 27.7 Å². The molecule has 0 spiro atoms. The lowest BCUT2D eigenvalue weighted by molar-refractivity contribution is -0.395. The molecular weight excluding hydrogens is 1860 g/mol. The summed E-state index contributed by atoms with van der Waals surface area (Å²) in [7, 11) is 0. The van der Waals surface area contributed by atoms with Crippen LogP contribution in [-0.2, 0) is 104 Å². The summed E-state index contributed by atoms with van der Waals surface area (Å²) in [6, 6.07) is 0. The van der Waals surface area contributed by atoms with Crippen LogP contribution in [-0.4, -0.2) is 443 Å². The molecule has 13 rings (SSSR count). The number of carbonyl (C=O) groups excluding carboxylic acids is 4. The highest BCUT2D eigenvalue weighted by atomic mass is 16.8. The lowest BCUT2D eigenvalue weighted by atomic mass is 9.33. The van der Waals surface area contributed by atoms with E-state index < -0.39 is 384 Å². The van der Waals surface area contributed by atoms with Crippen molar-refractivity contribution < 1.29 is 227 Å². The van der Waals surface area contributed by atoms with E-state index in [1.165, 1.54) is 6.92 Å². The van der Waals surface area contributed by atoms with Gasteiger partial charge in [0.05, 0.1) is 107 Å². The first-order chi connectivity index (χ1) is 65.7. The van der Waals surface area contributed by atoms with Gasteiger partial charge in [0.25, 0.3) is 0 Å². The van der Waals surface area contributed by atoms with Crippen LogP contribution < -0.4 is 0 Å². The van der Waals surface area contributed by atoms with E-state index in [4.69, 9.17) is 80.5 Å². The average molecular weight is 2020 g/mol. The summed E-state index contributed by atoms with van der Waals surface area (Å²) in [5, 5.41) is 268. The lowest BCUT2D eigenvalue weighted by Gasteiger charge is -2.71. The van der Waals surface area contributed by atoms with Crippen molar-refractivity contribution in [3.05, 3.63) is 11.6 Å². The van der Waals surface area contributed by atoms with Crippen LogP contribution in [0.2, 0.25) is 0 Å². The second-order valence-electron chi connectivity index (χ2n) is 43.6. The Labute approximate surface area is 810 Å². The fraction of sp³-hybridized carbons (Fsp3) is 0.926. The molecule has 18 unspecified atom stereocenters. The monoisotopic (exact) mass is 2020 g/mol. The molecule has 52 atom stereocenters. The molecule has 13 aliphatic rings. The van der Waals surface area contributed by atoms with E-state index >= 15 is 4.79 Å². The van der Waals surface area contributed by atoms with Crippen LogP contribution in [0.25, 0.3) is 0 Å². The molecule has 24 N–H and O–H groups in total. The van der Waals surface area contributed by atoms with Crippen molar-refractivity contribution in [2.45, 2.75) is 437 Å². The van der Waals surface area contributed by atoms with Crippen molar-refractivity contribution in [1.29, 1.82) is 0 Å². The molecule has 140 heavy (non-hydrogen) atoms. The molecule has 5 saturated carbocycles. The Morgan fingerprint density at radius 3 is 1.67 bits per heavy atom. The number of carboxylic acids is 1. The van der Waals surface area contributed by atoms with Gasteiger partial charge >= 0.3 is 23.9 Å². The fourth-order valence-corrected chi connectivity index (χ4v) is 24.9. The third-order valence-electron chi connectivity index (χ3n) is 34.2. The van der Waals surface area contributed by atoms with Gasteiger partial charge < -0.3 is 208 Å². The van der Waals surface area contributed by atoms with Gasteiger partial charge in [0, 0.05) is 12.8 Å². The number of carboxylic acid groups (broad SMARTS) is 1. The second kappa shape index (κ2) is 44.9. The second-order valence-corrected chi connectivity index (χ2v) is 43.6. The van der Waals surface area contributed by atoms with Crippen molar-refractivity contribution in [2.24, 2.45) is 68.0 Å². The van der Waals surface area contributed by atoms with Crippen LogP contribution in [0.15, 0.2) is 11.6 Å². The van der Waals surface area contributed by atoms with Gasteiger partial charge in [0.2, 0.25) is 6.29 Å². The van der Waals surface area contributed by atoms with Gasteiger partial charge in [-0.3, -0.25) is 14.4 Å². The minimum Gasteiger partial charge on any atom is -0.479 e. The molecule has 7 saturated heterocycles. The average Bonchev–Trinajstić information content (AvgIpc) is 0.739. The highest BCUT2D eigenvalue weighted by molar-refractivity contribution is 5.80. The molecule has 0 aromatic carbocycles. The van der Waals surface area contributed by atoms with Crippen LogP contribution in [0, 0.1) is 68.0 Å². The van der Waals surface area contributed by atoms with Crippen LogP contribution in [0.1, 0.15) is 186 Å². The Bertz CT molecular complexity index is 4150. The Balaban J connectivity index is 0.751. The van der Waals surface area contributed by atoms with Crippen LogP contribution in [0.5, 0.6) is 0 Å². The van der Waals surface area contributed by atoms with Gasteiger partial charge in [-0.1, -0.05) is 101 Å². The standard InChI is InChI=1S/C94H152O46/c1-13-37(3)46(127-56(104)26-42(101)25-47(38(4)14-2)129-81-65(113)61(109)51(32-97)130-81)24-41(100)27-57(105)134-72-40(6)126-84(76(68(72)116)128-48-23-39(5)71(64(112)58(48)106)135-80-70(118)73(45(102)33-124-80)136-86-78(119)93(123,35-99)36-125-86)140-87(122)94-22-21-88(7,8)28-44(94)43-15-16-53-89(9)19-18-55(90(10,34-98)52(89)17-20-91(53,11)92(43,12)29-54(94)103)133-85-77(139-83-67(115)63(111)60(108)50(31-96)132-83)74(69(117)75(138-85)79(120)121)137-82-66(114)62(110)59(107)49(30-95)131-82/h15,34,37-42,44-55,58-78,80-86,95-97,99-103,106-119,123H,13-14,16-33,35-36H2,1-12H3,(H,120,121)/t37-,38-,39?,40?,41-,42-,44?,45?,46-,47-,48+,49?,50?,51-,52?,53?,54+,55-,58?,59+,60-,61?,62-,63-,64+,65?,66?,67?,68?,69+,70-,71-,72+,73-,74-,75?,76+,77?,78+,80?,81+,82-,83-,84-,85+,86-,89-,90-,91+,92+,93?,94+/m0/s1. The number of esters is 3. The van der Waals surface area contributed by atoms with Crippen molar-refractivity contribution in [2.75, 3.05) is 39.6 Å². The van der Waals surface area contributed by atoms with Gasteiger partial charge in [-0.2, -0.15) is 0 Å². The van der Waals surface area contributed by atoms with Gasteiger partial charge in [0.1, 0.15) is 158 Å². The number of aliphatic carboxylic acids is 1. The third-order valence-corrected chi connectivity index (χ3v) is 34.2. The van der Waals surface area contributed by atoms with Gasteiger partial charge in [-0.15, -0.1) is 0 Å². The Morgan fingerprint density at radius 1 is 0.521 bits per heavy atom. The zero-order valence-corrected chi connectivity index (χ0v) is 81.0. The molecule has 6 aliphatic carbocycles. The molecule has 46 heteroatoms. The van der Waals surface area contributed by atoms with Gasteiger partial charge in [-0.05, 0) is 128 Å². The number of rotatable bonds is 36. The minimum absolute atomic E-state index is 0.0164. The zero-order chi connectivity index (χ0) is 103. The normalized spacial score (nSPS) is 48.8. The summed E-state index contributed by atoms with van der Waals surface area (Å²) in [5.74, 6) is -8.12. The minimum atomic E-state index is -2.33. The first-order valence-corrected chi connectivity index (χ1v) is 49.2. The smallest absolute Gasteiger partial charge is 0.335 e. The maximum Gasteiger partial charge on any atom is 0.335 e. The van der Waals surface area contributed by atoms with Crippen molar-refractivity contribution in [3.8, 4) is 0 Å². The molecule has 7 aliphatic heterocycles. The molecule has 0 aromatic rings. The van der Waals surface area contributed by atoms with E-state index in [2.05, 4.69) is 26.8 Å². The molecule has 0 bridgehead atoms. The topological polar surface area (TPSA) is 728 Å². The number of aliphatic hydroxyl groups excluding tert-OH is 22. The van der Waals surface area contributed by atoms with E-state index in [9.17, 15) is 142 Å². The summed E-state index contributed by atoms with van der Waals surface area (Å²) < 4.78 is 103. The zero-order valence-electron chi connectivity index (χ0n) is 81.0. The number of hydrogen-bond donors (Lipinski definition) is 24. The molecule has 46 nitrogen and oxygen atoms in total. The fourth-order valence-electron chi connectivity index (χ4n) is 24.9. The van der Waals surface area contributed by atoms with E-state index in [0.717, 1.165) is 11.9 Å². The highest BCUT2D eigenvalue weighted by Gasteiger charge is 2.74. The lowest BCUT2D eigenvalue weighted by Crippen LogP contribution is -2.69. The van der Waals surface area contributed by atoms with Crippen LogP contribution >= 0.6 is 0 Å². The van der Waals surface area contributed by atoms with Crippen LogP contribution in [0.4, 0.5) is 0 Å². The first-order valence-electron chi connectivity index (χ1n) is 49.2. The van der Waals surface area contributed by atoms with Crippen LogP contribution in [0.3, 0.4) is 0 Å². The number of aliphatic hydroxyl groups is 23. The Kier molecular flexibility index (Phi) is 36.2. The molecule has 0 radical (unpaired) electrons. The third kappa shape index (κ3) is 21.7. The number of carbonyl (C=O) groups is 5. The predicted octanol–water partition coefficient (Wildman–Crippen LogP) is -5.66. The number of fused-ring (bicyclic) bond motifs is 7. The van der Waals surface area contributed by atoms with Gasteiger partial charge in [0.15, 0.2) is 49.9 Å². The summed E-state index contributed by atoms with van der Waals surface area (Å²) in [6.07, 6.45) is -66.6. The summed E-state index contributed by atoms with van der Waals surface area (Å²) in [5.41, 5.74) is -7.70. The number of ether oxygens (including phenoxy) is 17. The summed E-state index contributed by atoms with van der Waals surface area (Å²) in [6.45, 7) is 17.6. The molecule has 0 aromatic heterocycles. The maximum atomic E-state index is 16.4. The van der Waals surface area contributed by atoms with E-state index in [0.29, 0.717) is 44.9 Å². The molecule has 12 fully saturated rings. The van der Waals surface area contributed by atoms with Crippen molar-refractivity contribution in [3.63, 3.8) is 0 Å². The Morgan fingerprint density at radius 2 is 1.09 bits per heavy atom. The number of aldehydes is 1. The molecule has 0 amide bonds. The van der Waals surface area contributed by atoms with E-state index in [-0.39, 0.29) is 56.8 Å². The van der Waals surface area contributed by atoms with E-state index in [1.54, 1.807) is 27.7 Å². The SMILES string of the molecule is CC[C@H](C)[C@H](C[C@H](O)CC(=O)O[C@@H]1C(C)O[C@@H](OC(=O)[C@]23CCC(C)(C)CC2C2=CCC4[C@@]5(C)CC[C@H](O[C@@H]6OC(C(=O)O)[C@H](O)[C@H](O[C@@H]7OC(CO)[C@@H](O)[C@H](O)C7O)C6O[C@@H]6OC(CO)[C@H](O)[C@H](O)C6O)[C@@](C)(C=O)C5CC[C@@]4(C)[C@]2(C)C[C@H]3O)[C@H](O[C@@H]2CC(C)[C@H](OC3OCC(O)[C@H](O[C@@H]4OCC(O)(CO)[C@@H]4O)[C@@H]3O)[C@H](O)C2O)C1O)OC(=O)C[C@@H](O)C[C@H](O[C@@H]1O[C@@H](CO)C(O)C1O)[C@@H](C)CC. The summed E-state index contributed by atoms with van der Waals surface area (Å²) >= 11 is 0. The predicted molar refractivity (Wildman–Crippen MR) is 467 cm³/mol. The molecule has 804 valence electrons. The number of allylic oxidation sites excluding steroid dienone is 2. The quantitative estimate of drug-likeness (QED) is 0.00914. The first kappa shape index (κ1) is 113. The van der Waals surface area contributed by atoms with Crippen molar-refractivity contribution >= 4 is 30.2 Å². The summed E-state index contributed by atoms with van der Waals surface area (Å²) in [4.78, 5) is 72.3. The van der Waals surface area contributed by atoms with Crippen molar-refractivity contribution in [1.82, 2.24) is 0 Å². The maximum absolute atomic E-state index is 16.4. The van der Waals surface area contributed by atoms with Gasteiger partial charge in [-0.25, -0.2) is 4.79 Å². The molecular formula is C94H152O46.